The Morgan fingerprint density at radius 1 is 1.00 bits per heavy atom. The minimum atomic E-state index is 0.521. The molecular formula is C18H20N2. The Kier molecular flexibility index (Phi) is 2.78. The van der Waals surface area contributed by atoms with Crippen LogP contribution in [0.3, 0.4) is 0 Å². The minimum absolute atomic E-state index is 0.521. The molecule has 2 aliphatic heterocycles. The van der Waals surface area contributed by atoms with Crippen molar-refractivity contribution in [2.24, 2.45) is 0 Å². The van der Waals surface area contributed by atoms with Gasteiger partial charge in [0.1, 0.15) is 0 Å². The number of nitrogens with one attached hydrogen (secondary N) is 1. The van der Waals surface area contributed by atoms with Crippen molar-refractivity contribution in [2.75, 3.05) is 18.5 Å². The highest BCUT2D eigenvalue weighted by Gasteiger charge is 2.36. The van der Waals surface area contributed by atoms with Crippen molar-refractivity contribution in [3.63, 3.8) is 0 Å². The molecule has 2 heterocycles. The molecule has 0 aromatic heterocycles. The van der Waals surface area contributed by atoms with Crippen molar-refractivity contribution in [3.05, 3.63) is 65.2 Å². The lowest BCUT2D eigenvalue weighted by Crippen LogP contribution is -2.30. The highest BCUT2D eigenvalue weighted by molar-refractivity contribution is 5.61. The van der Waals surface area contributed by atoms with Crippen LogP contribution in [-0.2, 0) is 6.42 Å². The molecule has 0 spiro atoms. The molecule has 2 aliphatic rings. The smallest absolute Gasteiger partial charge is 0.0561 e. The Labute approximate surface area is 120 Å². The second-order valence-corrected chi connectivity index (χ2v) is 5.89. The lowest BCUT2D eigenvalue weighted by atomic mass is 9.95. The maximum atomic E-state index is 3.46. The molecule has 1 fully saturated rings. The summed E-state index contributed by atoms with van der Waals surface area (Å²) in [6.45, 7) is 1.10. The van der Waals surface area contributed by atoms with Crippen LogP contribution in [0.5, 0.6) is 0 Å². The molecule has 0 radical (unpaired) electrons. The van der Waals surface area contributed by atoms with Gasteiger partial charge in [-0.15, -0.1) is 0 Å². The molecule has 0 aliphatic carbocycles. The molecule has 2 aromatic rings. The number of likely N-dealkylation sites (N-methyl/N-ethyl adjacent to an activating group) is 1. The second kappa shape index (κ2) is 4.64. The minimum Gasteiger partial charge on any atom is -0.363 e. The van der Waals surface area contributed by atoms with E-state index in [1.54, 1.807) is 0 Å². The Balaban J connectivity index is 1.89. The largest absolute Gasteiger partial charge is 0.363 e. The van der Waals surface area contributed by atoms with E-state index < -0.39 is 0 Å². The predicted molar refractivity (Wildman–Crippen MR) is 83.2 cm³/mol. The van der Waals surface area contributed by atoms with Gasteiger partial charge >= 0.3 is 0 Å². The van der Waals surface area contributed by atoms with Crippen molar-refractivity contribution in [3.8, 4) is 0 Å². The van der Waals surface area contributed by atoms with Gasteiger partial charge in [-0.25, -0.2) is 0 Å². The van der Waals surface area contributed by atoms with Crippen LogP contribution >= 0.6 is 0 Å². The lowest BCUT2D eigenvalue weighted by molar-refractivity contribution is 0.590. The molecule has 2 aromatic carbocycles. The van der Waals surface area contributed by atoms with Crippen LogP contribution in [0, 0.1) is 0 Å². The Morgan fingerprint density at radius 2 is 1.75 bits per heavy atom. The normalized spacial score (nSPS) is 23.8. The van der Waals surface area contributed by atoms with Gasteiger partial charge in [0.15, 0.2) is 0 Å². The predicted octanol–water partition coefficient (Wildman–Crippen LogP) is 3.13. The van der Waals surface area contributed by atoms with Crippen LogP contribution in [0.15, 0.2) is 48.5 Å². The van der Waals surface area contributed by atoms with Crippen molar-refractivity contribution < 1.29 is 0 Å². The quantitative estimate of drug-likeness (QED) is 0.851. The third-order valence-corrected chi connectivity index (χ3v) is 4.81. The molecule has 0 saturated carbocycles. The van der Waals surface area contributed by atoms with Gasteiger partial charge in [0, 0.05) is 18.3 Å². The highest BCUT2D eigenvalue weighted by Crippen LogP contribution is 2.42. The number of hydrogen-bond acceptors (Lipinski definition) is 2. The van der Waals surface area contributed by atoms with Gasteiger partial charge in [-0.2, -0.15) is 0 Å². The van der Waals surface area contributed by atoms with E-state index in [1.165, 1.54) is 28.8 Å². The van der Waals surface area contributed by atoms with E-state index in [1.807, 2.05) is 0 Å². The lowest BCUT2D eigenvalue weighted by Gasteiger charge is -2.27. The Hall–Kier alpha value is -1.80. The second-order valence-electron chi connectivity index (χ2n) is 5.89. The van der Waals surface area contributed by atoms with Gasteiger partial charge in [0.25, 0.3) is 0 Å². The molecule has 2 atom stereocenters. The molecule has 1 N–H and O–H groups in total. The number of anilines is 1. The number of hydrogen-bond donors (Lipinski definition) is 1. The van der Waals surface area contributed by atoms with Crippen molar-refractivity contribution in [2.45, 2.75) is 24.9 Å². The van der Waals surface area contributed by atoms with Crippen molar-refractivity contribution >= 4 is 5.69 Å². The number of benzene rings is 2. The van der Waals surface area contributed by atoms with Crippen LogP contribution in [0.4, 0.5) is 5.69 Å². The van der Waals surface area contributed by atoms with Gasteiger partial charge < -0.3 is 10.2 Å². The maximum Gasteiger partial charge on any atom is 0.0561 e. The van der Waals surface area contributed by atoms with Gasteiger partial charge in [0.2, 0.25) is 0 Å². The summed E-state index contributed by atoms with van der Waals surface area (Å²) in [7, 11) is 2.08. The molecule has 1 saturated heterocycles. The summed E-state index contributed by atoms with van der Waals surface area (Å²) < 4.78 is 0. The van der Waals surface area contributed by atoms with Gasteiger partial charge in [-0.3, -0.25) is 0 Å². The maximum absolute atomic E-state index is 3.46. The van der Waals surface area contributed by atoms with Gasteiger partial charge in [-0.05, 0) is 42.6 Å². The van der Waals surface area contributed by atoms with Crippen LogP contribution in [-0.4, -0.2) is 19.6 Å². The highest BCUT2D eigenvalue weighted by atomic mass is 15.2. The van der Waals surface area contributed by atoms with Crippen LogP contribution in [0.1, 0.15) is 29.2 Å². The number of nitrogens with zero attached hydrogens (tertiary/aromatic N) is 1. The van der Waals surface area contributed by atoms with E-state index in [2.05, 4.69) is 65.8 Å². The molecule has 102 valence electrons. The van der Waals surface area contributed by atoms with E-state index in [9.17, 15) is 0 Å². The Morgan fingerprint density at radius 3 is 2.60 bits per heavy atom. The Bertz CT molecular complexity index is 581. The van der Waals surface area contributed by atoms with Crippen LogP contribution in [0.2, 0.25) is 0 Å². The average Bonchev–Trinajstić information content (AvgIpc) is 2.87. The summed E-state index contributed by atoms with van der Waals surface area (Å²) in [6.07, 6.45) is 2.26. The summed E-state index contributed by atoms with van der Waals surface area (Å²) >= 11 is 0. The average molecular weight is 264 g/mol. The number of para-hydroxylation sites is 1. The summed E-state index contributed by atoms with van der Waals surface area (Å²) in [4.78, 5) is 2.60. The third kappa shape index (κ3) is 1.75. The zero-order valence-corrected chi connectivity index (χ0v) is 11.8. The topological polar surface area (TPSA) is 15.3 Å². The summed E-state index contributed by atoms with van der Waals surface area (Å²) in [5.74, 6) is 0. The first kappa shape index (κ1) is 12.0. The fourth-order valence-corrected chi connectivity index (χ4v) is 3.77. The third-order valence-electron chi connectivity index (χ3n) is 4.81. The molecule has 2 unspecified atom stereocenters. The zero-order valence-electron chi connectivity index (χ0n) is 11.8. The van der Waals surface area contributed by atoms with Gasteiger partial charge in [0.05, 0.1) is 6.04 Å². The summed E-state index contributed by atoms with van der Waals surface area (Å²) in [5.41, 5.74) is 5.89. The van der Waals surface area contributed by atoms with Crippen molar-refractivity contribution in [1.82, 2.24) is 5.32 Å². The number of rotatable bonds is 1. The van der Waals surface area contributed by atoms with E-state index in [0.717, 1.165) is 13.0 Å². The molecule has 4 rings (SSSR count). The zero-order chi connectivity index (χ0) is 13.5. The fourth-order valence-electron chi connectivity index (χ4n) is 3.77. The first-order valence-electron chi connectivity index (χ1n) is 7.46. The van der Waals surface area contributed by atoms with Crippen molar-refractivity contribution in [1.29, 1.82) is 0 Å². The van der Waals surface area contributed by atoms with Crippen LogP contribution in [0.25, 0.3) is 0 Å². The molecule has 0 bridgehead atoms. The summed E-state index contributed by atoms with van der Waals surface area (Å²) in [5, 5.41) is 3.46. The number of fused-ring (bicyclic) bond motifs is 5. The molecule has 2 heteroatoms. The van der Waals surface area contributed by atoms with E-state index in [-0.39, 0.29) is 0 Å². The standard InChI is InChI=1S/C18H20N2/c1-19-15-11-18-16-8-4-2-6-13(16)10-14-7-3-5-9-17(14)20(18)12-15/h2-9,15,18-19H,10-12H2,1H3. The fraction of sp³-hybridized carbons (Fsp3) is 0.333. The molecule has 2 nitrogen and oxygen atoms in total. The van der Waals surface area contributed by atoms with Crippen LogP contribution < -0.4 is 10.2 Å². The SMILES string of the molecule is CNC1CC2c3ccccc3Cc3ccccc3N2C1. The monoisotopic (exact) mass is 264 g/mol. The molecule has 20 heavy (non-hydrogen) atoms. The first-order chi connectivity index (χ1) is 9.86. The first-order valence-corrected chi connectivity index (χ1v) is 7.46. The van der Waals surface area contributed by atoms with E-state index in [0.29, 0.717) is 12.1 Å². The molecular weight excluding hydrogens is 244 g/mol. The summed E-state index contributed by atoms with van der Waals surface area (Å²) in [6, 6.07) is 19.0. The molecule has 0 amide bonds. The van der Waals surface area contributed by atoms with E-state index >= 15 is 0 Å². The van der Waals surface area contributed by atoms with E-state index in [4.69, 9.17) is 0 Å². The van der Waals surface area contributed by atoms with Gasteiger partial charge in [-0.1, -0.05) is 42.5 Å².